The second-order valence-corrected chi connectivity index (χ2v) is 6.90. The van der Waals surface area contributed by atoms with Gasteiger partial charge in [-0.2, -0.15) is 0 Å². The van der Waals surface area contributed by atoms with Crippen molar-refractivity contribution in [1.82, 2.24) is 14.9 Å². The molecule has 0 aliphatic carbocycles. The predicted octanol–water partition coefficient (Wildman–Crippen LogP) is 2.67. The first kappa shape index (κ1) is 16.2. The van der Waals surface area contributed by atoms with Crippen molar-refractivity contribution >= 4 is 28.6 Å². The van der Waals surface area contributed by atoms with Crippen LogP contribution in [-0.2, 0) is 9.53 Å². The maximum atomic E-state index is 12.5. The Hall–Kier alpha value is -1.66. The van der Waals surface area contributed by atoms with Gasteiger partial charge in [0.2, 0.25) is 5.91 Å². The van der Waals surface area contributed by atoms with E-state index in [-0.39, 0.29) is 18.1 Å². The minimum absolute atomic E-state index is 0.0924. The first-order valence-electron chi connectivity index (χ1n) is 7.82. The van der Waals surface area contributed by atoms with E-state index in [4.69, 9.17) is 4.74 Å². The van der Waals surface area contributed by atoms with Crippen LogP contribution in [0.2, 0.25) is 0 Å². The minimum atomic E-state index is 0.0924. The first-order valence-corrected chi connectivity index (χ1v) is 8.81. The average molecular weight is 331 g/mol. The van der Waals surface area contributed by atoms with Gasteiger partial charge in [-0.1, -0.05) is 30.0 Å². The Morgan fingerprint density at radius 2 is 1.96 bits per heavy atom. The maximum absolute atomic E-state index is 12.5. The fourth-order valence-corrected chi connectivity index (χ4v) is 3.84. The average Bonchev–Trinajstić information content (AvgIpc) is 2.51. The van der Waals surface area contributed by atoms with Gasteiger partial charge in [0.25, 0.3) is 0 Å². The topological polar surface area (TPSA) is 55.3 Å². The quantitative estimate of drug-likeness (QED) is 0.639. The normalized spacial score (nSPS) is 21.6. The van der Waals surface area contributed by atoms with Crippen molar-refractivity contribution in [1.29, 1.82) is 0 Å². The number of carbonyl (C=O) groups excluding carboxylic acids is 1. The van der Waals surface area contributed by atoms with Crippen LogP contribution in [0.4, 0.5) is 0 Å². The number of fused-ring (bicyclic) bond motifs is 1. The molecule has 0 bridgehead atoms. The number of hydrogen-bond donors (Lipinski definition) is 0. The Balaban J connectivity index is 1.72. The molecule has 5 nitrogen and oxygen atoms in total. The molecule has 2 heterocycles. The minimum Gasteiger partial charge on any atom is -0.372 e. The van der Waals surface area contributed by atoms with Gasteiger partial charge in [-0.05, 0) is 26.8 Å². The highest BCUT2D eigenvalue weighted by atomic mass is 32.2. The number of rotatable bonds is 3. The molecule has 3 rings (SSSR count). The largest absolute Gasteiger partial charge is 0.372 e. The molecular formula is C17H21N3O2S. The summed E-state index contributed by atoms with van der Waals surface area (Å²) in [6, 6.07) is 7.91. The SMILES string of the molecule is Cc1nc(SCC(=O)N2C[C@@H](C)O[C@H](C)C2)c2ccccc2n1. The second-order valence-electron chi connectivity index (χ2n) is 5.94. The molecule has 2 aromatic rings. The number of aryl methyl sites for hydroxylation is 1. The lowest BCUT2D eigenvalue weighted by atomic mass is 10.2. The van der Waals surface area contributed by atoms with Gasteiger partial charge in [-0.15, -0.1) is 0 Å². The molecule has 0 spiro atoms. The lowest BCUT2D eigenvalue weighted by molar-refractivity contribution is -0.140. The zero-order valence-corrected chi connectivity index (χ0v) is 14.5. The Morgan fingerprint density at radius 1 is 1.26 bits per heavy atom. The van der Waals surface area contributed by atoms with Crippen molar-refractivity contribution in [2.45, 2.75) is 38.0 Å². The van der Waals surface area contributed by atoms with E-state index in [2.05, 4.69) is 9.97 Å². The van der Waals surface area contributed by atoms with Crippen molar-refractivity contribution in [2.24, 2.45) is 0 Å². The Labute approximate surface area is 140 Å². The van der Waals surface area contributed by atoms with Crippen LogP contribution in [0.1, 0.15) is 19.7 Å². The van der Waals surface area contributed by atoms with Crippen molar-refractivity contribution in [3.8, 4) is 0 Å². The molecule has 1 aromatic heterocycles. The van der Waals surface area contributed by atoms with Crippen molar-refractivity contribution in [3.05, 3.63) is 30.1 Å². The Kier molecular flexibility index (Phi) is 4.82. The number of carbonyl (C=O) groups is 1. The zero-order chi connectivity index (χ0) is 16.4. The fourth-order valence-electron chi connectivity index (χ4n) is 2.87. The van der Waals surface area contributed by atoms with E-state index >= 15 is 0 Å². The molecule has 0 unspecified atom stereocenters. The maximum Gasteiger partial charge on any atom is 0.233 e. The lowest BCUT2D eigenvalue weighted by Gasteiger charge is -2.35. The van der Waals surface area contributed by atoms with Crippen molar-refractivity contribution in [2.75, 3.05) is 18.8 Å². The van der Waals surface area contributed by atoms with Gasteiger partial charge in [-0.25, -0.2) is 9.97 Å². The molecule has 1 fully saturated rings. The highest BCUT2D eigenvalue weighted by Gasteiger charge is 2.25. The highest BCUT2D eigenvalue weighted by molar-refractivity contribution is 8.00. The number of morpholine rings is 1. The summed E-state index contributed by atoms with van der Waals surface area (Å²) < 4.78 is 5.68. The molecule has 0 saturated carbocycles. The van der Waals surface area contributed by atoms with E-state index in [1.165, 1.54) is 11.8 Å². The summed E-state index contributed by atoms with van der Waals surface area (Å²) in [6.07, 6.45) is 0.185. The standard InChI is InChI=1S/C17H21N3O2S/c1-11-8-20(9-12(2)22-11)16(21)10-23-17-14-6-4-5-7-15(14)18-13(3)19-17/h4-7,11-12H,8-10H2,1-3H3/t11-,12-/m1/s1. The van der Waals surface area contributed by atoms with Crippen LogP contribution in [0.15, 0.2) is 29.3 Å². The first-order chi connectivity index (χ1) is 11.0. The van der Waals surface area contributed by atoms with Gasteiger partial charge in [0.1, 0.15) is 10.9 Å². The molecule has 1 aliphatic heterocycles. The predicted molar refractivity (Wildman–Crippen MR) is 91.6 cm³/mol. The van der Waals surface area contributed by atoms with Crippen LogP contribution in [-0.4, -0.2) is 51.8 Å². The summed E-state index contributed by atoms with van der Waals surface area (Å²) in [5.74, 6) is 1.25. The third-order valence-electron chi connectivity index (χ3n) is 3.78. The van der Waals surface area contributed by atoms with Gasteiger partial charge >= 0.3 is 0 Å². The summed E-state index contributed by atoms with van der Waals surface area (Å²) in [7, 11) is 0. The van der Waals surface area contributed by atoms with E-state index < -0.39 is 0 Å². The summed E-state index contributed by atoms with van der Waals surface area (Å²) in [5.41, 5.74) is 0.920. The summed E-state index contributed by atoms with van der Waals surface area (Å²) in [6.45, 7) is 7.21. The molecule has 1 saturated heterocycles. The number of nitrogens with zero attached hydrogens (tertiary/aromatic N) is 3. The molecule has 0 radical (unpaired) electrons. The van der Waals surface area contributed by atoms with Gasteiger partial charge in [0, 0.05) is 18.5 Å². The third-order valence-corrected chi connectivity index (χ3v) is 4.76. The van der Waals surface area contributed by atoms with E-state index in [9.17, 15) is 4.79 Å². The summed E-state index contributed by atoms with van der Waals surface area (Å²) in [5, 5.41) is 1.87. The van der Waals surface area contributed by atoms with Crippen LogP contribution in [0.5, 0.6) is 0 Å². The lowest BCUT2D eigenvalue weighted by Crippen LogP contribution is -2.48. The van der Waals surface area contributed by atoms with Gasteiger partial charge in [-0.3, -0.25) is 4.79 Å². The highest BCUT2D eigenvalue weighted by Crippen LogP contribution is 2.25. The monoisotopic (exact) mass is 331 g/mol. The molecule has 23 heavy (non-hydrogen) atoms. The molecule has 1 aromatic carbocycles. The van der Waals surface area contributed by atoms with Crippen LogP contribution in [0, 0.1) is 6.92 Å². The van der Waals surface area contributed by atoms with Crippen molar-refractivity contribution < 1.29 is 9.53 Å². The van der Waals surface area contributed by atoms with E-state index in [1.807, 2.05) is 49.9 Å². The van der Waals surface area contributed by atoms with Gasteiger partial charge in [0.05, 0.1) is 23.5 Å². The number of thioether (sulfide) groups is 1. The molecule has 1 aliphatic rings. The number of amides is 1. The third kappa shape index (κ3) is 3.82. The van der Waals surface area contributed by atoms with E-state index in [1.54, 1.807) is 0 Å². The Morgan fingerprint density at radius 3 is 2.70 bits per heavy atom. The van der Waals surface area contributed by atoms with Gasteiger partial charge in [0.15, 0.2) is 0 Å². The van der Waals surface area contributed by atoms with Crippen LogP contribution < -0.4 is 0 Å². The number of hydrogen-bond acceptors (Lipinski definition) is 5. The summed E-state index contributed by atoms with van der Waals surface area (Å²) in [4.78, 5) is 23.3. The molecule has 1 amide bonds. The van der Waals surface area contributed by atoms with E-state index in [0.29, 0.717) is 18.8 Å². The smallest absolute Gasteiger partial charge is 0.233 e. The van der Waals surface area contributed by atoms with Crippen LogP contribution in [0.25, 0.3) is 10.9 Å². The molecular weight excluding hydrogens is 310 g/mol. The number of benzene rings is 1. The summed E-state index contributed by atoms with van der Waals surface area (Å²) >= 11 is 1.49. The number of para-hydroxylation sites is 1. The molecule has 6 heteroatoms. The second kappa shape index (κ2) is 6.84. The number of aromatic nitrogens is 2. The van der Waals surface area contributed by atoms with Crippen molar-refractivity contribution in [3.63, 3.8) is 0 Å². The fraction of sp³-hybridized carbons (Fsp3) is 0.471. The van der Waals surface area contributed by atoms with Gasteiger partial charge < -0.3 is 9.64 Å². The molecule has 0 N–H and O–H groups in total. The molecule has 122 valence electrons. The van der Waals surface area contributed by atoms with Crippen LogP contribution >= 0.6 is 11.8 Å². The zero-order valence-electron chi connectivity index (χ0n) is 13.7. The van der Waals surface area contributed by atoms with E-state index in [0.717, 1.165) is 21.8 Å². The molecule has 2 atom stereocenters. The Bertz CT molecular complexity index is 712. The van der Waals surface area contributed by atoms with Crippen LogP contribution in [0.3, 0.4) is 0 Å². The number of ether oxygens (including phenoxy) is 1.